The number of hydrogen-bond acceptors (Lipinski definition) is 4. The summed E-state index contributed by atoms with van der Waals surface area (Å²) in [6, 6.07) is 31.1. The smallest absolute Gasteiger partial charge is 0.0491 e. The first-order valence-corrected chi connectivity index (χ1v) is 17.3. The van der Waals surface area contributed by atoms with Crippen molar-refractivity contribution in [3.05, 3.63) is 131 Å². The van der Waals surface area contributed by atoms with E-state index in [1.165, 1.54) is 78.1 Å². The molecule has 0 unspecified atom stereocenters. The van der Waals surface area contributed by atoms with E-state index >= 15 is 0 Å². The Kier molecular flexibility index (Phi) is 8.81. The number of pyridine rings is 2. The molecule has 5 aromatic heterocycles. The molecule has 3 nitrogen and oxygen atoms in total. The Morgan fingerprint density at radius 2 is 1.07 bits per heavy atom. The van der Waals surface area contributed by atoms with Crippen molar-refractivity contribution >= 4 is 68.8 Å². The minimum Gasteiger partial charge on any atom is -0.340 e. The van der Waals surface area contributed by atoms with Gasteiger partial charge in [-0.1, -0.05) is 50.5 Å². The maximum atomic E-state index is 4.12. The van der Waals surface area contributed by atoms with Gasteiger partial charge >= 0.3 is 0 Å². The van der Waals surface area contributed by atoms with Crippen LogP contribution in [0.1, 0.15) is 53.5 Å². The Hall–Kier alpha value is -4.58. The molecule has 0 radical (unpaired) electrons. The van der Waals surface area contributed by atoms with E-state index in [2.05, 4.69) is 106 Å². The van der Waals surface area contributed by atoms with Crippen LogP contribution in [0.3, 0.4) is 0 Å². The number of unbranched alkanes of at least 4 members (excludes halogenated alkanes) is 3. The molecule has 7 rings (SSSR count). The van der Waals surface area contributed by atoms with Gasteiger partial charge in [-0.05, 0) is 114 Å². The molecule has 0 atom stereocenters. The highest BCUT2D eigenvalue weighted by Crippen LogP contribution is 2.38. The summed E-state index contributed by atoms with van der Waals surface area (Å²) in [6.45, 7) is 3.32. The maximum absolute atomic E-state index is 4.12. The Labute approximate surface area is 272 Å². The molecule has 0 amide bonds. The van der Waals surface area contributed by atoms with E-state index in [1.807, 2.05) is 71.7 Å². The fourth-order valence-electron chi connectivity index (χ4n) is 5.85. The summed E-state index contributed by atoms with van der Waals surface area (Å²) in [7, 11) is 0. The van der Waals surface area contributed by atoms with Crippen LogP contribution >= 0.6 is 22.7 Å². The molecule has 0 saturated heterocycles. The van der Waals surface area contributed by atoms with Gasteiger partial charge in [0.2, 0.25) is 0 Å². The number of hydrogen-bond donors (Lipinski definition) is 0. The second kappa shape index (κ2) is 13.6. The lowest BCUT2D eigenvalue weighted by Gasteiger charge is -2.08. The van der Waals surface area contributed by atoms with Crippen LogP contribution in [0, 0.1) is 0 Å². The van der Waals surface area contributed by atoms with Crippen molar-refractivity contribution in [3.8, 4) is 20.9 Å². The molecule has 222 valence electrons. The lowest BCUT2D eigenvalue weighted by Crippen LogP contribution is -1.97. The van der Waals surface area contributed by atoms with Crippen LogP contribution in [0.4, 0.5) is 0 Å². The second-order valence-corrected chi connectivity index (χ2v) is 13.5. The number of nitrogens with zero attached hydrogens (tertiary/aromatic N) is 3. The topological polar surface area (TPSA) is 30.7 Å². The van der Waals surface area contributed by atoms with Gasteiger partial charge in [-0.3, -0.25) is 9.97 Å². The average molecular weight is 622 g/mol. The molecule has 45 heavy (non-hydrogen) atoms. The van der Waals surface area contributed by atoms with E-state index in [0.29, 0.717) is 0 Å². The van der Waals surface area contributed by atoms with E-state index in [-0.39, 0.29) is 0 Å². The number of aromatic nitrogens is 3. The van der Waals surface area contributed by atoms with Crippen molar-refractivity contribution in [2.24, 2.45) is 0 Å². The number of fused-ring (bicyclic) bond motifs is 3. The van der Waals surface area contributed by atoms with Gasteiger partial charge in [-0.25, -0.2) is 0 Å². The molecule has 7 aromatic rings. The van der Waals surface area contributed by atoms with Crippen LogP contribution in [0.2, 0.25) is 0 Å². The predicted octanol–water partition coefficient (Wildman–Crippen LogP) is 12.0. The minimum atomic E-state index is 1.05. The summed E-state index contributed by atoms with van der Waals surface area (Å²) in [5.41, 5.74) is 7.50. The molecule has 5 heterocycles. The van der Waals surface area contributed by atoms with Gasteiger partial charge in [0.25, 0.3) is 0 Å². The number of benzene rings is 2. The van der Waals surface area contributed by atoms with Crippen LogP contribution in [0.25, 0.3) is 67.0 Å². The minimum absolute atomic E-state index is 1.05. The van der Waals surface area contributed by atoms with E-state index in [9.17, 15) is 0 Å². The third-order valence-electron chi connectivity index (χ3n) is 8.22. The molecular weight excluding hydrogens is 587 g/mol. The number of aryl methyl sites for hydroxylation is 1. The van der Waals surface area contributed by atoms with Crippen molar-refractivity contribution in [3.63, 3.8) is 0 Å². The van der Waals surface area contributed by atoms with Gasteiger partial charge in [0, 0.05) is 72.6 Å². The molecule has 0 aliphatic carbocycles. The molecule has 5 heteroatoms. The first-order chi connectivity index (χ1) is 22.2. The SMILES string of the molecule is CCCCCCn1c2ccc(-c3ccc(/C=C/c4ccncc4)s3)cc2c2cc(-c3ccc(/C=C/c4ccncc4)s3)ccc21. The Balaban J connectivity index is 1.23. The Morgan fingerprint density at radius 1 is 0.556 bits per heavy atom. The van der Waals surface area contributed by atoms with Gasteiger partial charge in [0.1, 0.15) is 0 Å². The maximum Gasteiger partial charge on any atom is 0.0491 e. The molecule has 0 saturated carbocycles. The van der Waals surface area contributed by atoms with Crippen LogP contribution in [0.15, 0.2) is 110 Å². The van der Waals surface area contributed by atoms with Gasteiger partial charge in [-0.2, -0.15) is 0 Å². The third-order valence-corrected chi connectivity index (χ3v) is 10.4. The largest absolute Gasteiger partial charge is 0.340 e. The van der Waals surface area contributed by atoms with E-state index in [0.717, 1.165) is 17.7 Å². The molecule has 2 aromatic carbocycles. The standard InChI is InChI=1S/C40H35N3S2/c1-2-3-4-5-26-43-37-14-8-31(39-16-12-33(44-39)10-6-29-18-22-41-23-19-29)27-35(37)36-28-32(9-15-38(36)43)40-17-13-34(45-40)11-7-30-20-24-42-25-21-30/h6-25,27-28H,2-5,26H2,1H3/b10-6+,11-7+. The van der Waals surface area contributed by atoms with E-state index < -0.39 is 0 Å². The molecule has 0 N–H and O–H groups in total. The normalized spacial score (nSPS) is 11.9. The third kappa shape index (κ3) is 6.60. The molecule has 0 fully saturated rings. The van der Waals surface area contributed by atoms with Crippen molar-refractivity contribution in [1.29, 1.82) is 0 Å². The van der Waals surface area contributed by atoms with Crippen LogP contribution in [0.5, 0.6) is 0 Å². The van der Waals surface area contributed by atoms with Crippen molar-refractivity contribution < 1.29 is 0 Å². The highest BCUT2D eigenvalue weighted by molar-refractivity contribution is 7.16. The Bertz CT molecular complexity index is 1950. The zero-order valence-electron chi connectivity index (χ0n) is 25.4. The van der Waals surface area contributed by atoms with Crippen LogP contribution in [-0.4, -0.2) is 14.5 Å². The molecule has 0 aliphatic heterocycles. The summed E-state index contributed by atoms with van der Waals surface area (Å²) < 4.78 is 2.54. The summed E-state index contributed by atoms with van der Waals surface area (Å²) in [5.74, 6) is 0. The number of rotatable bonds is 11. The highest BCUT2D eigenvalue weighted by atomic mass is 32.1. The monoisotopic (exact) mass is 621 g/mol. The summed E-state index contributed by atoms with van der Waals surface area (Å²) in [6.07, 6.45) is 21.0. The molecule has 0 bridgehead atoms. The fourth-order valence-corrected chi connectivity index (χ4v) is 7.66. The van der Waals surface area contributed by atoms with Gasteiger partial charge in [0.05, 0.1) is 0 Å². The fraction of sp³-hybridized carbons (Fsp3) is 0.150. The zero-order valence-corrected chi connectivity index (χ0v) is 27.0. The zero-order chi connectivity index (χ0) is 30.4. The van der Waals surface area contributed by atoms with Crippen molar-refractivity contribution in [1.82, 2.24) is 14.5 Å². The van der Waals surface area contributed by atoms with Gasteiger partial charge in [-0.15, -0.1) is 22.7 Å². The molecule has 0 aliphatic rings. The highest BCUT2D eigenvalue weighted by Gasteiger charge is 2.14. The summed E-state index contributed by atoms with van der Waals surface area (Å²) in [4.78, 5) is 13.3. The van der Waals surface area contributed by atoms with Gasteiger partial charge in [0.15, 0.2) is 0 Å². The van der Waals surface area contributed by atoms with Crippen molar-refractivity contribution in [2.45, 2.75) is 39.2 Å². The summed E-state index contributed by atoms with van der Waals surface area (Å²) in [5, 5.41) is 2.66. The lowest BCUT2D eigenvalue weighted by atomic mass is 10.1. The first kappa shape index (κ1) is 29.1. The second-order valence-electron chi connectivity index (χ2n) is 11.3. The average Bonchev–Trinajstić information content (AvgIpc) is 3.84. The quantitative estimate of drug-likeness (QED) is 0.135. The van der Waals surface area contributed by atoms with E-state index in [1.54, 1.807) is 0 Å². The summed E-state index contributed by atoms with van der Waals surface area (Å²) >= 11 is 3.67. The van der Waals surface area contributed by atoms with Crippen LogP contribution < -0.4 is 0 Å². The van der Waals surface area contributed by atoms with Gasteiger partial charge < -0.3 is 4.57 Å². The Morgan fingerprint density at radius 3 is 1.56 bits per heavy atom. The predicted molar refractivity (Wildman–Crippen MR) is 197 cm³/mol. The van der Waals surface area contributed by atoms with E-state index in [4.69, 9.17) is 0 Å². The lowest BCUT2D eigenvalue weighted by molar-refractivity contribution is 0.602. The van der Waals surface area contributed by atoms with Crippen molar-refractivity contribution in [2.75, 3.05) is 0 Å². The first-order valence-electron chi connectivity index (χ1n) is 15.7. The molecular formula is C40H35N3S2. The number of thiophene rings is 2. The van der Waals surface area contributed by atoms with Crippen LogP contribution in [-0.2, 0) is 6.54 Å². The molecule has 0 spiro atoms.